The fraction of sp³-hybridized carbons (Fsp3) is 0.333. The number of furan rings is 1. The van der Waals surface area contributed by atoms with Crippen molar-refractivity contribution >= 4 is 18.0 Å². The number of ether oxygens (including phenoxy) is 2. The second-order valence-electron chi connectivity index (χ2n) is 3.38. The Hall–Kier alpha value is -2.04. The molecule has 17 heavy (non-hydrogen) atoms. The lowest BCUT2D eigenvalue weighted by molar-refractivity contribution is -0.156. The first kappa shape index (κ1) is 13.0. The molecule has 92 valence electrons. The van der Waals surface area contributed by atoms with Gasteiger partial charge in [0.25, 0.3) is 0 Å². The van der Waals surface area contributed by atoms with Gasteiger partial charge in [-0.3, -0.25) is 9.59 Å². The molecule has 0 fully saturated rings. The van der Waals surface area contributed by atoms with Gasteiger partial charge in [0.1, 0.15) is 5.76 Å². The minimum absolute atomic E-state index is 0.499. The molecular weight excluding hydrogens is 224 g/mol. The highest BCUT2D eigenvalue weighted by Crippen LogP contribution is 2.18. The zero-order valence-corrected chi connectivity index (χ0v) is 9.93. The lowest BCUT2D eigenvalue weighted by Crippen LogP contribution is -2.27. The van der Waals surface area contributed by atoms with Crippen LogP contribution in [0.15, 0.2) is 28.4 Å². The average Bonchev–Trinajstić information content (AvgIpc) is 2.81. The summed E-state index contributed by atoms with van der Waals surface area (Å²) in [6.07, 6.45) is 3.10. The van der Waals surface area contributed by atoms with Gasteiger partial charge in [-0.1, -0.05) is 0 Å². The van der Waals surface area contributed by atoms with Crippen LogP contribution in [-0.2, 0) is 19.1 Å². The summed E-state index contributed by atoms with van der Waals surface area (Å²) < 4.78 is 14.2. The number of esters is 2. The molecule has 5 nitrogen and oxygen atoms in total. The smallest absolute Gasteiger partial charge is 0.324 e. The van der Waals surface area contributed by atoms with E-state index in [2.05, 4.69) is 9.47 Å². The van der Waals surface area contributed by atoms with Gasteiger partial charge in [-0.25, -0.2) is 0 Å². The van der Waals surface area contributed by atoms with Crippen molar-refractivity contribution in [1.82, 2.24) is 0 Å². The maximum absolute atomic E-state index is 11.5. The molecular formula is C12H14O5. The molecule has 0 amide bonds. The number of carbonyl (C=O) groups is 2. The Morgan fingerprint density at radius 2 is 1.88 bits per heavy atom. The van der Waals surface area contributed by atoms with Crippen LogP contribution >= 0.6 is 0 Å². The molecule has 1 heterocycles. The van der Waals surface area contributed by atoms with E-state index in [0.29, 0.717) is 11.3 Å². The summed E-state index contributed by atoms with van der Waals surface area (Å²) in [5, 5.41) is 0. The Morgan fingerprint density at radius 3 is 2.29 bits per heavy atom. The molecule has 0 aromatic carbocycles. The lowest BCUT2D eigenvalue weighted by Gasteiger charge is -2.12. The van der Waals surface area contributed by atoms with Gasteiger partial charge in [0.2, 0.25) is 0 Å². The quantitative estimate of drug-likeness (QED) is 0.589. The number of carbonyl (C=O) groups excluding carboxylic acids is 2. The van der Waals surface area contributed by atoms with Crippen molar-refractivity contribution in [3.8, 4) is 0 Å². The first-order valence-corrected chi connectivity index (χ1v) is 4.97. The normalized spacial score (nSPS) is 11.4. The summed E-state index contributed by atoms with van der Waals surface area (Å²) >= 11 is 0. The van der Waals surface area contributed by atoms with Crippen LogP contribution in [0.4, 0.5) is 0 Å². The summed E-state index contributed by atoms with van der Waals surface area (Å²) in [5.74, 6) is -1.82. The van der Waals surface area contributed by atoms with E-state index >= 15 is 0 Å². The molecule has 0 radical (unpaired) electrons. The van der Waals surface area contributed by atoms with Crippen LogP contribution in [0.2, 0.25) is 0 Å². The van der Waals surface area contributed by atoms with E-state index in [1.807, 2.05) is 0 Å². The largest absolute Gasteiger partial charge is 0.468 e. The zero-order valence-electron chi connectivity index (χ0n) is 9.93. The van der Waals surface area contributed by atoms with Crippen LogP contribution in [0.3, 0.4) is 0 Å². The van der Waals surface area contributed by atoms with Crippen LogP contribution < -0.4 is 0 Å². The Labute approximate surface area is 99.0 Å². The van der Waals surface area contributed by atoms with Crippen molar-refractivity contribution in [2.75, 3.05) is 14.2 Å². The van der Waals surface area contributed by atoms with E-state index in [0.717, 1.165) is 0 Å². The van der Waals surface area contributed by atoms with Crippen LogP contribution in [0, 0.1) is 5.92 Å². The van der Waals surface area contributed by atoms with Crippen LogP contribution in [0.25, 0.3) is 6.08 Å². The van der Waals surface area contributed by atoms with Gasteiger partial charge < -0.3 is 13.9 Å². The van der Waals surface area contributed by atoms with Crippen LogP contribution in [-0.4, -0.2) is 26.2 Å². The van der Waals surface area contributed by atoms with Gasteiger partial charge in [0.15, 0.2) is 5.92 Å². The monoisotopic (exact) mass is 238 g/mol. The Balaban J connectivity index is 2.98. The lowest BCUT2D eigenvalue weighted by atomic mass is 10.00. The standard InChI is InChI=1S/C12H14O5/c1-8(7-9-5-4-6-17-9)10(11(13)15-2)12(14)16-3/h4-7,10H,1-3H3/b8-7-. The van der Waals surface area contributed by atoms with Gasteiger partial charge in [-0.2, -0.15) is 0 Å². The van der Waals surface area contributed by atoms with Crippen molar-refractivity contribution in [3.63, 3.8) is 0 Å². The zero-order chi connectivity index (χ0) is 12.8. The highest BCUT2D eigenvalue weighted by molar-refractivity contribution is 5.98. The maximum Gasteiger partial charge on any atom is 0.324 e. The minimum atomic E-state index is -1.06. The molecule has 0 atom stereocenters. The molecule has 0 bridgehead atoms. The molecule has 0 spiro atoms. The minimum Gasteiger partial charge on any atom is -0.468 e. The molecule has 0 aliphatic rings. The summed E-state index contributed by atoms with van der Waals surface area (Å²) in [6, 6.07) is 3.43. The van der Waals surface area contributed by atoms with E-state index in [4.69, 9.17) is 4.42 Å². The molecule has 1 aromatic heterocycles. The van der Waals surface area contributed by atoms with Gasteiger partial charge in [0.05, 0.1) is 20.5 Å². The topological polar surface area (TPSA) is 65.7 Å². The molecule has 1 aromatic rings. The second kappa shape index (κ2) is 5.89. The third-order valence-corrected chi connectivity index (χ3v) is 2.24. The van der Waals surface area contributed by atoms with E-state index in [1.165, 1.54) is 20.5 Å². The van der Waals surface area contributed by atoms with E-state index in [1.54, 1.807) is 25.1 Å². The molecule has 1 rings (SSSR count). The third-order valence-electron chi connectivity index (χ3n) is 2.24. The van der Waals surface area contributed by atoms with Crippen LogP contribution in [0.5, 0.6) is 0 Å². The predicted octanol–water partition coefficient (Wildman–Crippen LogP) is 1.65. The van der Waals surface area contributed by atoms with Crippen molar-refractivity contribution in [2.45, 2.75) is 6.92 Å². The summed E-state index contributed by atoms with van der Waals surface area (Å²) in [4.78, 5) is 23.0. The third kappa shape index (κ3) is 3.21. The predicted molar refractivity (Wildman–Crippen MR) is 59.9 cm³/mol. The fourth-order valence-electron chi connectivity index (χ4n) is 1.38. The van der Waals surface area contributed by atoms with E-state index in [9.17, 15) is 9.59 Å². The SMILES string of the molecule is COC(=O)C(C(=O)OC)/C(C)=C\c1ccco1. The van der Waals surface area contributed by atoms with E-state index < -0.39 is 17.9 Å². The van der Waals surface area contributed by atoms with Crippen molar-refractivity contribution in [1.29, 1.82) is 0 Å². The summed E-state index contributed by atoms with van der Waals surface area (Å²) in [7, 11) is 2.44. The first-order chi connectivity index (χ1) is 8.10. The number of hydrogen-bond acceptors (Lipinski definition) is 5. The highest BCUT2D eigenvalue weighted by atomic mass is 16.5. The van der Waals surface area contributed by atoms with Crippen molar-refractivity contribution < 1.29 is 23.5 Å². The summed E-state index contributed by atoms with van der Waals surface area (Å²) in [6.45, 7) is 1.64. The number of rotatable bonds is 4. The molecule has 0 saturated carbocycles. The molecule has 0 saturated heterocycles. The van der Waals surface area contributed by atoms with Crippen molar-refractivity contribution in [2.24, 2.45) is 5.92 Å². The summed E-state index contributed by atoms with van der Waals surface area (Å²) in [5.41, 5.74) is 0.499. The molecule has 0 aliphatic heterocycles. The molecule has 0 unspecified atom stereocenters. The fourth-order valence-corrected chi connectivity index (χ4v) is 1.38. The Kier molecular flexibility index (Phi) is 4.51. The van der Waals surface area contributed by atoms with Crippen LogP contribution in [0.1, 0.15) is 12.7 Å². The Bertz CT molecular complexity index is 400. The first-order valence-electron chi connectivity index (χ1n) is 4.97. The highest BCUT2D eigenvalue weighted by Gasteiger charge is 2.30. The van der Waals surface area contributed by atoms with Gasteiger partial charge in [-0.15, -0.1) is 0 Å². The maximum atomic E-state index is 11.5. The average molecular weight is 238 g/mol. The van der Waals surface area contributed by atoms with Gasteiger partial charge in [-0.05, 0) is 30.7 Å². The number of hydrogen-bond donors (Lipinski definition) is 0. The number of methoxy groups -OCH3 is 2. The second-order valence-corrected chi connectivity index (χ2v) is 3.38. The molecule has 0 N–H and O–H groups in total. The van der Waals surface area contributed by atoms with Crippen molar-refractivity contribution in [3.05, 3.63) is 29.7 Å². The molecule has 0 aliphatic carbocycles. The molecule has 5 heteroatoms. The Morgan fingerprint density at radius 1 is 1.29 bits per heavy atom. The van der Waals surface area contributed by atoms with Gasteiger partial charge >= 0.3 is 11.9 Å². The van der Waals surface area contributed by atoms with E-state index in [-0.39, 0.29) is 0 Å². The van der Waals surface area contributed by atoms with Gasteiger partial charge in [0, 0.05) is 0 Å².